The molecule has 1 aromatic carbocycles. The Kier molecular flexibility index (Phi) is 9.65. The first-order valence-electron chi connectivity index (χ1n) is 7.90. The van der Waals surface area contributed by atoms with Crippen molar-refractivity contribution in [2.75, 3.05) is 13.6 Å². The van der Waals surface area contributed by atoms with E-state index in [-0.39, 0.29) is 17.8 Å². The molecule has 0 aromatic heterocycles. The molecule has 0 aliphatic rings. The number of likely N-dealkylation sites (N-methyl/N-ethyl adjacent to an activating group) is 1. The van der Waals surface area contributed by atoms with Crippen molar-refractivity contribution in [2.24, 2.45) is 5.41 Å². The molecule has 23 heavy (non-hydrogen) atoms. The maximum atomic E-state index is 3.21. The standard InChI is InChI=1S/C21H29N.ClH/c1-7-18(2)20-13-11-12-19(16-20)17-22(6)15-10-8-9-14-21(3,4)5;/h7-8,10-13,16H,15,17H2,1-6H3;1H. The number of nitrogens with zero attached hydrogens (tertiary/aromatic N) is 1. The highest BCUT2D eigenvalue weighted by Crippen LogP contribution is 2.16. The molecule has 0 amide bonds. The number of benzene rings is 1. The summed E-state index contributed by atoms with van der Waals surface area (Å²) in [6, 6.07) is 8.76. The zero-order valence-electron chi connectivity index (χ0n) is 15.3. The van der Waals surface area contributed by atoms with Crippen LogP contribution in [-0.4, -0.2) is 18.5 Å². The average molecular weight is 332 g/mol. The Balaban J connectivity index is 0.00000484. The van der Waals surface area contributed by atoms with Crippen LogP contribution in [-0.2, 0) is 6.54 Å². The third kappa shape index (κ3) is 9.29. The van der Waals surface area contributed by atoms with E-state index in [0.717, 1.165) is 13.1 Å². The Morgan fingerprint density at radius 1 is 1.26 bits per heavy atom. The molecule has 1 aromatic rings. The summed E-state index contributed by atoms with van der Waals surface area (Å²) in [7, 11) is 2.14. The van der Waals surface area contributed by atoms with Crippen LogP contribution in [0.15, 0.2) is 42.5 Å². The summed E-state index contributed by atoms with van der Waals surface area (Å²) in [5.41, 5.74) is 4.04. The van der Waals surface area contributed by atoms with E-state index in [9.17, 15) is 0 Å². The van der Waals surface area contributed by atoms with Gasteiger partial charge in [-0.1, -0.05) is 48.3 Å². The molecule has 0 bridgehead atoms. The Morgan fingerprint density at radius 2 is 1.96 bits per heavy atom. The maximum absolute atomic E-state index is 3.21. The molecule has 126 valence electrons. The molecule has 0 N–H and O–H groups in total. The van der Waals surface area contributed by atoms with Crippen LogP contribution in [0, 0.1) is 17.3 Å². The van der Waals surface area contributed by atoms with Crippen LogP contribution in [0.3, 0.4) is 0 Å². The number of rotatable bonds is 5. The van der Waals surface area contributed by atoms with Crippen LogP contribution in [0.1, 0.15) is 45.7 Å². The third-order valence-corrected chi connectivity index (χ3v) is 3.33. The zero-order chi connectivity index (χ0) is 16.6. The van der Waals surface area contributed by atoms with Gasteiger partial charge < -0.3 is 0 Å². The van der Waals surface area contributed by atoms with Crippen molar-refractivity contribution < 1.29 is 0 Å². The minimum atomic E-state index is 0. The van der Waals surface area contributed by atoms with Crippen LogP contribution in [0.4, 0.5) is 0 Å². The molecule has 0 saturated carbocycles. The predicted octanol–water partition coefficient (Wildman–Crippen LogP) is 5.57. The first kappa shape index (κ1) is 21.5. The largest absolute Gasteiger partial charge is 0.298 e. The first-order chi connectivity index (χ1) is 10.3. The molecular weight excluding hydrogens is 302 g/mol. The van der Waals surface area contributed by atoms with E-state index < -0.39 is 0 Å². The number of hydrogen-bond acceptors (Lipinski definition) is 1. The molecule has 0 aliphatic carbocycles. The average Bonchev–Trinajstić information content (AvgIpc) is 2.45. The van der Waals surface area contributed by atoms with Crippen molar-refractivity contribution >= 4 is 18.0 Å². The van der Waals surface area contributed by atoms with Crippen LogP contribution >= 0.6 is 12.4 Å². The van der Waals surface area contributed by atoms with Gasteiger partial charge in [0.1, 0.15) is 0 Å². The van der Waals surface area contributed by atoms with Crippen molar-refractivity contribution in [1.82, 2.24) is 4.90 Å². The minimum Gasteiger partial charge on any atom is -0.298 e. The van der Waals surface area contributed by atoms with Crippen molar-refractivity contribution in [3.05, 3.63) is 53.6 Å². The van der Waals surface area contributed by atoms with E-state index >= 15 is 0 Å². The molecule has 1 nitrogen and oxygen atoms in total. The highest BCUT2D eigenvalue weighted by molar-refractivity contribution is 5.85. The lowest BCUT2D eigenvalue weighted by molar-refractivity contribution is 0.363. The Labute approximate surface area is 148 Å². The van der Waals surface area contributed by atoms with Gasteiger partial charge in [0.05, 0.1) is 0 Å². The summed E-state index contributed by atoms with van der Waals surface area (Å²) in [4.78, 5) is 2.29. The second-order valence-corrected chi connectivity index (χ2v) is 6.79. The van der Waals surface area contributed by atoms with Crippen LogP contribution in [0.5, 0.6) is 0 Å². The van der Waals surface area contributed by atoms with Crippen LogP contribution in [0.2, 0.25) is 0 Å². The molecule has 2 heteroatoms. The molecule has 0 saturated heterocycles. The van der Waals surface area contributed by atoms with E-state index in [4.69, 9.17) is 0 Å². The Hall–Kier alpha value is -1.49. The van der Waals surface area contributed by atoms with E-state index in [1.54, 1.807) is 0 Å². The fraction of sp³-hybridized carbons (Fsp3) is 0.429. The van der Waals surface area contributed by atoms with Crippen molar-refractivity contribution in [2.45, 2.75) is 41.2 Å². The number of allylic oxidation sites excluding steroid dienone is 3. The van der Waals surface area contributed by atoms with Crippen molar-refractivity contribution in [3.63, 3.8) is 0 Å². The Bertz CT molecular complexity index is 594. The van der Waals surface area contributed by atoms with Gasteiger partial charge in [-0.25, -0.2) is 0 Å². The van der Waals surface area contributed by atoms with Gasteiger partial charge in [0, 0.05) is 18.5 Å². The van der Waals surface area contributed by atoms with Gasteiger partial charge in [-0.3, -0.25) is 4.90 Å². The smallest absolute Gasteiger partial charge is 0.0234 e. The van der Waals surface area contributed by atoms with E-state index in [2.05, 4.69) is 94.8 Å². The first-order valence-corrected chi connectivity index (χ1v) is 7.90. The molecule has 0 heterocycles. The SMILES string of the molecule is CC=C(C)c1cccc(CN(C)CC=CC#CC(C)(C)C)c1.Cl. The van der Waals surface area contributed by atoms with Gasteiger partial charge in [-0.2, -0.15) is 0 Å². The second kappa shape index (κ2) is 10.3. The lowest BCUT2D eigenvalue weighted by atomic mass is 9.98. The molecule has 0 unspecified atom stereocenters. The van der Waals surface area contributed by atoms with Crippen molar-refractivity contribution in [1.29, 1.82) is 0 Å². The Morgan fingerprint density at radius 3 is 2.57 bits per heavy atom. The summed E-state index contributed by atoms with van der Waals surface area (Å²) in [5, 5.41) is 0. The predicted molar refractivity (Wildman–Crippen MR) is 106 cm³/mol. The van der Waals surface area contributed by atoms with Gasteiger partial charge in [0.25, 0.3) is 0 Å². The van der Waals surface area contributed by atoms with E-state index in [1.165, 1.54) is 16.7 Å². The lowest BCUT2D eigenvalue weighted by Crippen LogP contribution is -2.17. The van der Waals surface area contributed by atoms with Gasteiger partial charge >= 0.3 is 0 Å². The summed E-state index contributed by atoms with van der Waals surface area (Å²) < 4.78 is 0. The summed E-state index contributed by atoms with van der Waals surface area (Å²) in [6.07, 6.45) is 6.24. The van der Waals surface area contributed by atoms with Gasteiger partial charge in [-0.15, -0.1) is 12.4 Å². The van der Waals surface area contributed by atoms with Crippen LogP contribution < -0.4 is 0 Å². The summed E-state index contributed by atoms with van der Waals surface area (Å²) >= 11 is 0. The fourth-order valence-corrected chi connectivity index (χ4v) is 2.01. The van der Waals surface area contributed by atoms with Gasteiger partial charge in [-0.05, 0) is 64.4 Å². The summed E-state index contributed by atoms with van der Waals surface area (Å²) in [6.45, 7) is 12.5. The molecule has 0 radical (unpaired) electrons. The molecule has 0 aliphatic heterocycles. The highest BCUT2D eigenvalue weighted by Gasteiger charge is 2.02. The van der Waals surface area contributed by atoms with Crippen LogP contribution in [0.25, 0.3) is 5.57 Å². The molecule has 0 fully saturated rings. The van der Waals surface area contributed by atoms with Gasteiger partial charge in [0.15, 0.2) is 0 Å². The number of hydrogen-bond donors (Lipinski definition) is 0. The molecule has 0 spiro atoms. The third-order valence-electron chi connectivity index (χ3n) is 3.33. The quantitative estimate of drug-likeness (QED) is 0.637. The fourth-order valence-electron chi connectivity index (χ4n) is 2.01. The highest BCUT2D eigenvalue weighted by atomic mass is 35.5. The normalized spacial score (nSPS) is 12.0. The molecule has 1 rings (SSSR count). The zero-order valence-corrected chi connectivity index (χ0v) is 16.1. The monoisotopic (exact) mass is 331 g/mol. The number of halogens is 1. The van der Waals surface area contributed by atoms with E-state index in [1.807, 2.05) is 6.08 Å². The summed E-state index contributed by atoms with van der Waals surface area (Å²) in [5.74, 6) is 6.32. The second-order valence-electron chi connectivity index (χ2n) is 6.79. The van der Waals surface area contributed by atoms with E-state index in [0.29, 0.717) is 0 Å². The maximum Gasteiger partial charge on any atom is 0.0234 e. The van der Waals surface area contributed by atoms with Crippen molar-refractivity contribution in [3.8, 4) is 11.8 Å². The van der Waals surface area contributed by atoms with Gasteiger partial charge in [0.2, 0.25) is 0 Å². The molecular formula is C21H30ClN. The topological polar surface area (TPSA) is 3.24 Å². The minimum absolute atomic E-state index is 0. The molecule has 0 atom stereocenters. The lowest BCUT2D eigenvalue weighted by Gasteiger charge is -2.15.